The van der Waals surface area contributed by atoms with Crippen molar-refractivity contribution in [3.63, 3.8) is 0 Å². The van der Waals surface area contributed by atoms with Crippen molar-refractivity contribution in [2.24, 2.45) is 0 Å². The van der Waals surface area contributed by atoms with Gasteiger partial charge in [-0.05, 0) is 35.6 Å². The molecule has 0 radical (unpaired) electrons. The Morgan fingerprint density at radius 2 is 1.62 bits per heavy atom. The topological polar surface area (TPSA) is 103 Å². The van der Waals surface area contributed by atoms with E-state index in [0.717, 1.165) is 10.5 Å². The molecule has 9 nitrogen and oxygen atoms in total. The maximum Gasteiger partial charge on any atom is 0.325 e. The molecule has 1 N–H and O–H groups in total. The number of furan rings is 1. The summed E-state index contributed by atoms with van der Waals surface area (Å²) in [6, 6.07) is 10.3. The molecule has 1 atom stereocenters. The molecular formula is C25H30N4O5. The molecule has 2 saturated heterocycles. The lowest BCUT2D eigenvalue weighted by atomic mass is 9.84. The predicted molar refractivity (Wildman–Crippen MR) is 124 cm³/mol. The molecule has 1 aromatic heterocycles. The molecular weight excluding hydrogens is 436 g/mol. The fraction of sp³-hybridized carbons (Fsp3) is 0.440. The van der Waals surface area contributed by atoms with Crippen LogP contribution < -0.4 is 5.32 Å². The van der Waals surface area contributed by atoms with Crippen LogP contribution in [0.25, 0.3) is 0 Å². The minimum absolute atomic E-state index is 0.0343. The standard InChI is InChI=1S/C25H30N4O5/c1-24(2,3)17-7-9-18(10-8-17)25(4)22(32)29(23(33)26-25)16-20(30)27-11-13-28(14-12-27)21(31)19-6-5-15-34-19/h5-10,15H,11-14,16H2,1-4H3,(H,26,33)/t25-/m1/s1. The van der Waals surface area contributed by atoms with E-state index >= 15 is 0 Å². The molecule has 2 aromatic rings. The maximum atomic E-state index is 13.2. The van der Waals surface area contributed by atoms with Crippen molar-refractivity contribution in [3.05, 3.63) is 59.5 Å². The molecule has 3 heterocycles. The zero-order chi connectivity index (χ0) is 24.7. The van der Waals surface area contributed by atoms with Gasteiger partial charge in [0.25, 0.3) is 11.8 Å². The van der Waals surface area contributed by atoms with Crippen LogP contribution in [0.3, 0.4) is 0 Å². The second kappa shape index (κ2) is 8.62. The predicted octanol–water partition coefficient (Wildman–Crippen LogP) is 2.33. The summed E-state index contributed by atoms with van der Waals surface area (Å²) in [7, 11) is 0. The first-order valence-corrected chi connectivity index (χ1v) is 11.4. The van der Waals surface area contributed by atoms with Gasteiger partial charge in [-0.1, -0.05) is 45.0 Å². The van der Waals surface area contributed by atoms with Crippen molar-refractivity contribution >= 4 is 23.8 Å². The number of imide groups is 1. The Hall–Kier alpha value is -3.62. The van der Waals surface area contributed by atoms with Crippen molar-refractivity contribution < 1.29 is 23.6 Å². The second-order valence-electron chi connectivity index (χ2n) is 9.92. The molecule has 0 bridgehead atoms. The molecule has 4 rings (SSSR count). The van der Waals surface area contributed by atoms with Gasteiger partial charge in [0.05, 0.1) is 6.26 Å². The van der Waals surface area contributed by atoms with E-state index < -0.39 is 17.5 Å². The summed E-state index contributed by atoms with van der Waals surface area (Å²) in [5.41, 5.74) is 0.516. The number of urea groups is 1. The smallest absolute Gasteiger partial charge is 0.325 e. The third-order valence-corrected chi connectivity index (χ3v) is 6.55. The number of nitrogens with zero attached hydrogens (tertiary/aromatic N) is 3. The summed E-state index contributed by atoms with van der Waals surface area (Å²) < 4.78 is 5.15. The second-order valence-corrected chi connectivity index (χ2v) is 9.92. The molecule has 2 aliphatic heterocycles. The van der Waals surface area contributed by atoms with Crippen LogP contribution in [0.15, 0.2) is 47.1 Å². The Kier molecular flexibility index (Phi) is 5.97. The number of carbonyl (C=O) groups excluding carboxylic acids is 4. The summed E-state index contributed by atoms with van der Waals surface area (Å²) >= 11 is 0. The van der Waals surface area contributed by atoms with Crippen molar-refractivity contribution in [1.29, 1.82) is 0 Å². The number of amides is 5. The quantitative estimate of drug-likeness (QED) is 0.697. The Bertz CT molecular complexity index is 1100. The van der Waals surface area contributed by atoms with Crippen LogP contribution in [0, 0.1) is 0 Å². The first-order valence-electron chi connectivity index (χ1n) is 11.4. The van der Waals surface area contributed by atoms with E-state index in [4.69, 9.17) is 4.42 Å². The van der Waals surface area contributed by atoms with Crippen LogP contribution in [0.2, 0.25) is 0 Å². The molecule has 34 heavy (non-hydrogen) atoms. The average molecular weight is 467 g/mol. The van der Waals surface area contributed by atoms with E-state index in [0.29, 0.717) is 31.7 Å². The normalized spacial score (nSPS) is 21.1. The Balaban J connectivity index is 1.39. The minimum Gasteiger partial charge on any atom is -0.459 e. The summed E-state index contributed by atoms with van der Waals surface area (Å²) in [6.07, 6.45) is 1.44. The Morgan fingerprint density at radius 3 is 2.18 bits per heavy atom. The number of nitrogens with one attached hydrogen (secondary N) is 1. The molecule has 0 aliphatic carbocycles. The number of carbonyl (C=O) groups is 4. The number of piperazine rings is 1. The van der Waals surface area contributed by atoms with Gasteiger partial charge in [0.1, 0.15) is 12.1 Å². The van der Waals surface area contributed by atoms with Crippen LogP contribution in [0.1, 0.15) is 49.4 Å². The van der Waals surface area contributed by atoms with Crippen LogP contribution in [0.4, 0.5) is 4.79 Å². The molecule has 0 saturated carbocycles. The zero-order valence-electron chi connectivity index (χ0n) is 20.0. The average Bonchev–Trinajstić information content (AvgIpc) is 3.42. The van der Waals surface area contributed by atoms with E-state index in [9.17, 15) is 19.2 Å². The Labute approximate surface area is 198 Å². The highest BCUT2D eigenvalue weighted by Crippen LogP contribution is 2.31. The molecule has 9 heteroatoms. The van der Waals surface area contributed by atoms with Gasteiger partial charge in [-0.25, -0.2) is 4.79 Å². The lowest BCUT2D eigenvalue weighted by Gasteiger charge is -2.34. The third-order valence-electron chi connectivity index (χ3n) is 6.55. The lowest BCUT2D eigenvalue weighted by Crippen LogP contribution is -2.53. The lowest BCUT2D eigenvalue weighted by molar-refractivity contribution is -0.139. The highest BCUT2D eigenvalue weighted by Gasteiger charge is 2.49. The molecule has 0 unspecified atom stereocenters. The third kappa shape index (κ3) is 4.30. The van der Waals surface area contributed by atoms with Crippen molar-refractivity contribution in [2.75, 3.05) is 32.7 Å². The van der Waals surface area contributed by atoms with Crippen LogP contribution in [-0.2, 0) is 20.5 Å². The number of rotatable bonds is 4. The fourth-order valence-electron chi connectivity index (χ4n) is 4.29. The van der Waals surface area contributed by atoms with Gasteiger partial charge < -0.3 is 19.5 Å². The largest absolute Gasteiger partial charge is 0.459 e. The van der Waals surface area contributed by atoms with Gasteiger partial charge in [0.15, 0.2) is 5.76 Å². The van der Waals surface area contributed by atoms with Crippen LogP contribution >= 0.6 is 0 Å². The first-order chi connectivity index (χ1) is 16.0. The van der Waals surface area contributed by atoms with E-state index in [1.54, 1.807) is 28.9 Å². The van der Waals surface area contributed by atoms with Gasteiger partial charge >= 0.3 is 6.03 Å². The van der Waals surface area contributed by atoms with E-state index in [1.165, 1.54) is 6.26 Å². The molecule has 2 fully saturated rings. The zero-order valence-corrected chi connectivity index (χ0v) is 20.0. The summed E-state index contributed by atoms with van der Waals surface area (Å²) in [5, 5.41) is 2.75. The van der Waals surface area contributed by atoms with E-state index in [1.807, 2.05) is 24.3 Å². The van der Waals surface area contributed by atoms with Crippen molar-refractivity contribution in [3.8, 4) is 0 Å². The van der Waals surface area contributed by atoms with Gasteiger partial charge in [-0.15, -0.1) is 0 Å². The maximum absolute atomic E-state index is 13.2. The van der Waals surface area contributed by atoms with Gasteiger partial charge in [-0.3, -0.25) is 19.3 Å². The summed E-state index contributed by atoms with van der Waals surface area (Å²) in [5.74, 6) is -0.754. The molecule has 180 valence electrons. The molecule has 1 aromatic carbocycles. The molecule has 0 spiro atoms. The number of hydrogen-bond donors (Lipinski definition) is 1. The molecule has 2 aliphatic rings. The van der Waals surface area contributed by atoms with Gasteiger partial charge in [0.2, 0.25) is 5.91 Å². The van der Waals surface area contributed by atoms with Crippen LogP contribution in [-0.4, -0.2) is 71.2 Å². The Morgan fingerprint density at radius 1 is 1.00 bits per heavy atom. The number of hydrogen-bond acceptors (Lipinski definition) is 5. The van der Waals surface area contributed by atoms with Gasteiger partial charge in [0, 0.05) is 26.2 Å². The fourth-order valence-corrected chi connectivity index (χ4v) is 4.29. The molecule has 5 amide bonds. The summed E-state index contributed by atoms with van der Waals surface area (Å²) in [4.78, 5) is 55.3. The monoisotopic (exact) mass is 466 g/mol. The van der Waals surface area contributed by atoms with Crippen molar-refractivity contribution in [1.82, 2.24) is 20.0 Å². The van der Waals surface area contributed by atoms with Crippen molar-refractivity contribution in [2.45, 2.75) is 38.6 Å². The van der Waals surface area contributed by atoms with E-state index in [-0.39, 0.29) is 29.5 Å². The highest BCUT2D eigenvalue weighted by atomic mass is 16.3. The minimum atomic E-state index is -1.23. The highest BCUT2D eigenvalue weighted by molar-refractivity contribution is 6.09. The summed E-state index contributed by atoms with van der Waals surface area (Å²) in [6.45, 7) is 8.97. The van der Waals surface area contributed by atoms with Crippen LogP contribution in [0.5, 0.6) is 0 Å². The van der Waals surface area contributed by atoms with E-state index in [2.05, 4.69) is 26.1 Å². The number of benzene rings is 1. The SMILES string of the molecule is CC(C)(C)c1ccc([C@@]2(C)NC(=O)N(CC(=O)N3CCN(C(=O)c4ccco4)CC3)C2=O)cc1. The van der Waals surface area contributed by atoms with Gasteiger partial charge in [-0.2, -0.15) is 0 Å². The first kappa shape index (κ1) is 23.5.